The SMILES string of the molecule is CC1=CC(O)N(O)C(=O)C1=C(C)Nc1ccccc1N. The van der Waals surface area contributed by atoms with Gasteiger partial charge < -0.3 is 16.2 Å². The lowest BCUT2D eigenvalue weighted by Crippen LogP contribution is -2.41. The maximum atomic E-state index is 12.0. The van der Waals surface area contributed by atoms with Crippen LogP contribution in [0.5, 0.6) is 0 Å². The van der Waals surface area contributed by atoms with Gasteiger partial charge in [-0.05, 0) is 37.6 Å². The smallest absolute Gasteiger partial charge is 0.282 e. The number of hydroxylamine groups is 2. The summed E-state index contributed by atoms with van der Waals surface area (Å²) in [6, 6.07) is 7.17. The van der Waals surface area contributed by atoms with Gasteiger partial charge in [-0.1, -0.05) is 12.1 Å². The van der Waals surface area contributed by atoms with Crippen LogP contribution in [0, 0.1) is 0 Å². The monoisotopic (exact) mass is 275 g/mol. The van der Waals surface area contributed by atoms with Crippen LogP contribution in [-0.2, 0) is 4.79 Å². The zero-order chi connectivity index (χ0) is 14.9. The Labute approximate surface area is 116 Å². The highest BCUT2D eigenvalue weighted by atomic mass is 16.5. The van der Waals surface area contributed by atoms with Crippen molar-refractivity contribution in [2.45, 2.75) is 20.1 Å². The molecule has 0 aliphatic carbocycles. The van der Waals surface area contributed by atoms with Gasteiger partial charge in [0.05, 0.1) is 16.9 Å². The fraction of sp³-hybridized carbons (Fsp3) is 0.214. The maximum absolute atomic E-state index is 12.0. The molecule has 20 heavy (non-hydrogen) atoms. The van der Waals surface area contributed by atoms with Crippen LogP contribution in [0.2, 0.25) is 0 Å². The van der Waals surface area contributed by atoms with Crippen LogP contribution in [0.4, 0.5) is 11.4 Å². The van der Waals surface area contributed by atoms with Crippen molar-refractivity contribution in [3.05, 3.63) is 47.2 Å². The summed E-state index contributed by atoms with van der Waals surface area (Å²) in [7, 11) is 0. The first-order chi connectivity index (χ1) is 9.41. The Kier molecular flexibility index (Phi) is 3.78. The number of amides is 1. The van der Waals surface area contributed by atoms with Crippen LogP contribution < -0.4 is 11.1 Å². The van der Waals surface area contributed by atoms with Crippen LogP contribution in [0.25, 0.3) is 0 Å². The lowest BCUT2D eigenvalue weighted by molar-refractivity contribution is -0.192. The van der Waals surface area contributed by atoms with Gasteiger partial charge in [0.25, 0.3) is 5.91 Å². The molecule has 1 atom stereocenters. The fourth-order valence-corrected chi connectivity index (χ4v) is 2.11. The van der Waals surface area contributed by atoms with Gasteiger partial charge in [-0.25, -0.2) is 0 Å². The molecule has 1 aromatic carbocycles. The van der Waals surface area contributed by atoms with E-state index in [2.05, 4.69) is 5.32 Å². The molecule has 6 heteroatoms. The first-order valence-electron chi connectivity index (χ1n) is 6.13. The van der Waals surface area contributed by atoms with E-state index in [0.717, 1.165) is 0 Å². The van der Waals surface area contributed by atoms with Crippen molar-refractivity contribution in [3.8, 4) is 0 Å². The van der Waals surface area contributed by atoms with E-state index in [1.807, 2.05) is 12.1 Å². The number of para-hydroxylation sites is 2. The highest BCUT2D eigenvalue weighted by Crippen LogP contribution is 2.26. The standard InChI is InChI=1S/C14H17N3O3/c1-8-7-12(18)17(20)14(19)13(8)9(2)16-11-6-4-3-5-10(11)15/h3-7,12,16,18,20H,15H2,1-2H3. The van der Waals surface area contributed by atoms with Crippen molar-refractivity contribution in [2.75, 3.05) is 11.1 Å². The molecule has 0 fully saturated rings. The summed E-state index contributed by atoms with van der Waals surface area (Å²) in [6.45, 7) is 3.41. The molecule has 106 valence electrons. The molecule has 1 aromatic rings. The Morgan fingerprint density at radius 3 is 2.70 bits per heavy atom. The molecule has 6 nitrogen and oxygen atoms in total. The predicted molar refractivity (Wildman–Crippen MR) is 75.6 cm³/mol. The van der Waals surface area contributed by atoms with Crippen LogP contribution in [0.1, 0.15) is 13.8 Å². The van der Waals surface area contributed by atoms with Crippen LogP contribution >= 0.6 is 0 Å². The number of nitrogens with zero attached hydrogens (tertiary/aromatic N) is 1. The third-order valence-electron chi connectivity index (χ3n) is 3.12. The van der Waals surface area contributed by atoms with Gasteiger partial charge in [-0.3, -0.25) is 10.0 Å². The predicted octanol–water partition coefficient (Wildman–Crippen LogP) is 1.45. The Hall–Kier alpha value is -2.31. The molecule has 0 radical (unpaired) electrons. The third kappa shape index (κ3) is 2.52. The van der Waals surface area contributed by atoms with E-state index < -0.39 is 12.1 Å². The highest BCUT2D eigenvalue weighted by Gasteiger charge is 2.30. The molecule has 1 amide bonds. The Morgan fingerprint density at radius 2 is 2.05 bits per heavy atom. The van der Waals surface area contributed by atoms with Crippen molar-refractivity contribution < 1.29 is 15.1 Å². The molecule has 1 heterocycles. The number of nitrogen functional groups attached to an aromatic ring is 1. The van der Waals surface area contributed by atoms with Crippen molar-refractivity contribution >= 4 is 17.3 Å². The summed E-state index contributed by atoms with van der Waals surface area (Å²) in [5.41, 5.74) is 8.51. The fourth-order valence-electron chi connectivity index (χ4n) is 2.11. The second-order valence-electron chi connectivity index (χ2n) is 4.63. The van der Waals surface area contributed by atoms with Gasteiger partial charge in [-0.2, -0.15) is 5.06 Å². The summed E-state index contributed by atoms with van der Waals surface area (Å²) < 4.78 is 0. The molecule has 1 aliphatic rings. The first-order valence-corrected chi connectivity index (χ1v) is 6.13. The van der Waals surface area contributed by atoms with Gasteiger partial charge in [0.1, 0.15) is 0 Å². The minimum atomic E-state index is -1.32. The molecule has 0 saturated carbocycles. The zero-order valence-corrected chi connectivity index (χ0v) is 11.3. The number of nitrogens with one attached hydrogen (secondary N) is 1. The van der Waals surface area contributed by atoms with E-state index in [9.17, 15) is 15.1 Å². The van der Waals surface area contributed by atoms with Gasteiger partial charge in [-0.15, -0.1) is 0 Å². The number of rotatable bonds is 2. The number of benzene rings is 1. The van der Waals surface area contributed by atoms with E-state index in [0.29, 0.717) is 33.3 Å². The molecule has 0 bridgehead atoms. The molecule has 0 saturated heterocycles. The molecule has 2 rings (SSSR count). The normalized spacial score (nSPS) is 21.6. The van der Waals surface area contributed by atoms with E-state index in [-0.39, 0.29) is 0 Å². The molecule has 1 unspecified atom stereocenters. The quantitative estimate of drug-likeness (QED) is 0.372. The van der Waals surface area contributed by atoms with Gasteiger partial charge >= 0.3 is 0 Å². The zero-order valence-electron chi connectivity index (χ0n) is 11.3. The van der Waals surface area contributed by atoms with E-state index in [1.165, 1.54) is 6.08 Å². The molecule has 0 aromatic heterocycles. The van der Waals surface area contributed by atoms with Crippen molar-refractivity contribution in [2.24, 2.45) is 0 Å². The number of hydrogen-bond donors (Lipinski definition) is 4. The molecular weight excluding hydrogens is 258 g/mol. The van der Waals surface area contributed by atoms with Crippen molar-refractivity contribution in [3.63, 3.8) is 0 Å². The van der Waals surface area contributed by atoms with Gasteiger partial charge in [0, 0.05) is 5.70 Å². The van der Waals surface area contributed by atoms with E-state index >= 15 is 0 Å². The average molecular weight is 275 g/mol. The number of nitrogens with two attached hydrogens (primary N) is 1. The van der Waals surface area contributed by atoms with E-state index in [4.69, 9.17) is 5.73 Å². The summed E-state index contributed by atoms with van der Waals surface area (Å²) in [5.74, 6) is -0.656. The number of aliphatic hydroxyl groups is 1. The molecule has 1 aliphatic heterocycles. The second-order valence-corrected chi connectivity index (χ2v) is 4.63. The maximum Gasteiger partial charge on any atom is 0.282 e. The molecule has 0 spiro atoms. The summed E-state index contributed by atoms with van der Waals surface area (Å²) in [4.78, 5) is 12.0. The van der Waals surface area contributed by atoms with Crippen molar-refractivity contribution in [1.29, 1.82) is 0 Å². The van der Waals surface area contributed by atoms with Gasteiger partial charge in [0.15, 0.2) is 6.23 Å². The average Bonchev–Trinajstić information content (AvgIpc) is 2.39. The Bertz CT molecular complexity index is 607. The Balaban J connectivity index is 2.39. The lowest BCUT2D eigenvalue weighted by atomic mass is 10.0. The third-order valence-corrected chi connectivity index (χ3v) is 3.12. The summed E-state index contributed by atoms with van der Waals surface area (Å²) in [5, 5.41) is 22.3. The van der Waals surface area contributed by atoms with Crippen LogP contribution in [0.15, 0.2) is 47.2 Å². The first kappa shape index (κ1) is 14.1. The molecular formula is C14H17N3O3. The lowest BCUT2D eigenvalue weighted by Gasteiger charge is -2.27. The number of hydrogen-bond acceptors (Lipinski definition) is 5. The van der Waals surface area contributed by atoms with Crippen molar-refractivity contribution in [1.82, 2.24) is 5.06 Å². The summed E-state index contributed by atoms with van der Waals surface area (Å²) in [6.07, 6.45) is 0.0804. The minimum Gasteiger partial charge on any atom is -0.397 e. The van der Waals surface area contributed by atoms with Gasteiger partial charge in [0.2, 0.25) is 0 Å². The second kappa shape index (κ2) is 5.36. The van der Waals surface area contributed by atoms with E-state index in [1.54, 1.807) is 26.0 Å². The number of anilines is 2. The number of allylic oxidation sites excluding steroid dienone is 1. The Morgan fingerprint density at radius 1 is 1.40 bits per heavy atom. The number of aliphatic hydroxyl groups excluding tert-OH is 1. The number of carbonyl (C=O) groups excluding carboxylic acids is 1. The largest absolute Gasteiger partial charge is 0.397 e. The summed E-state index contributed by atoms with van der Waals surface area (Å²) >= 11 is 0. The minimum absolute atomic E-state index is 0.294. The highest BCUT2D eigenvalue weighted by molar-refractivity contribution is 5.99. The topological polar surface area (TPSA) is 98.8 Å². The van der Waals surface area contributed by atoms with Crippen LogP contribution in [0.3, 0.4) is 0 Å². The molecule has 5 N–H and O–H groups in total. The van der Waals surface area contributed by atoms with Crippen LogP contribution in [-0.4, -0.2) is 27.5 Å². The number of carbonyl (C=O) groups is 1.